The summed E-state index contributed by atoms with van der Waals surface area (Å²) in [6, 6.07) is 6.67. The number of halogens is 2. The lowest BCUT2D eigenvalue weighted by Crippen LogP contribution is -2.38. The van der Waals surface area contributed by atoms with Crippen molar-refractivity contribution in [3.05, 3.63) is 59.6 Å². The van der Waals surface area contributed by atoms with Crippen molar-refractivity contribution < 1.29 is 18.0 Å². The van der Waals surface area contributed by atoms with E-state index in [1.54, 1.807) is 23.3 Å². The topological polar surface area (TPSA) is 33.5 Å². The van der Waals surface area contributed by atoms with Gasteiger partial charge in [0.1, 0.15) is 17.4 Å². The van der Waals surface area contributed by atoms with Gasteiger partial charge in [0, 0.05) is 12.1 Å². The van der Waals surface area contributed by atoms with Crippen molar-refractivity contribution in [2.24, 2.45) is 0 Å². The average Bonchev–Trinajstić information content (AvgIpc) is 3.17. The Morgan fingerprint density at radius 3 is 2.64 bits per heavy atom. The molecule has 22 heavy (non-hydrogen) atoms. The van der Waals surface area contributed by atoms with E-state index >= 15 is 0 Å². The van der Waals surface area contributed by atoms with Crippen LogP contribution in [0.2, 0.25) is 0 Å². The molecule has 0 unspecified atom stereocenters. The summed E-state index contributed by atoms with van der Waals surface area (Å²) in [5.41, 5.74) is -0.0974. The van der Waals surface area contributed by atoms with Crippen LogP contribution < -0.4 is 0 Å². The molecule has 1 amide bonds. The number of nitrogens with zero attached hydrogens (tertiary/aromatic N) is 1. The van der Waals surface area contributed by atoms with E-state index in [1.807, 2.05) is 0 Å². The molecule has 1 saturated carbocycles. The normalized spacial score (nSPS) is 15.2. The van der Waals surface area contributed by atoms with E-state index in [1.165, 1.54) is 6.07 Å². The summed E-state index contributed by atoms with van der Waals surface area (Å²) in [6.45, 7) is 0.299. The van der Waals surface area contributed by atoms with Crippen molar-refractivity contribution in [2.45, 2.75) is 38.3 Å². The van der Waals surface area contributed by atoms with Crippen LogP contribution in [-0.2, 0) is 6.54 Å². The molecular weight excluding hydrogens is 288 g/mol. The van der Waals surface area contributed by atoms with Crippen molar-refractivity contribution in [3.8, 4) is 0 Å². The van der Waals surface area contributed by atoms with Crippen LogP contribution in [-0.4, -0.2) is 16.8 Å². The fraction of sp³-hybridized carbons (Fsp3) is 0.353. The summed E-state index contributed by atoms with van der Waals surface area (Å²) >= 11 is 0. The Labute approximate surface area is 127 Å². The van der Waals surface area contributed by atoms with Gasteiger partial charge in [-0.2, -0.15) is 0 Å². The molecular formula is C17H17F2NO2. The minimum atomic E-state index is -0.826. The largest absolute Gasteiger partial charge is 0.467 e. The lowest BCUT2D eigenvalue weighted by molar-refractivity contribution is 0.0644. The molecule has 0 radical (unpaired) electrons. The molecule has 1 aliphatic rings. The second kappa shape index (κ2) is 6.30. The number of rotatable bonds is 4. The first-order chi connectivity index (χ1) is 10.6. The van der Waals surface area contributed by atoms with E-state index in [-0.39, 0.29) is 11.6 Å². The van der Waals surface area contributed by atoms with Crippen LogP contribution in [0, 0.1) is 11.6 Å². The highest BCUT2D eigenvalue weighted by molar-refractivity contribution is 5.94. The Balaban J connectivity index is 1.88. The number of hydrogen-bond donors (Lipinski definition) is 0. The van der Waals surface area contributed by atoms with Crippen LogP contribution in [0.3, 0.4) is 0 Å². The third-order valence-corrected chi connectivity index (χ3v) is 4.09. The zero-order chi connectivity index (χ0) is 15.5. The predicted molar refractivity (Wildman–Crippen MR) is 77.2 cm³/mol. The van der Waals surface area contributed by atoms with Crippen LogP contribution in [0.1, 0.15) is 41.8 Å². The molecule has 1 aliphatic carbocycles. The maximum atomic E-state index is 13.9. The number of carbonyl (C=O) groups excluding carboxylic acids is 1. The highest BCUT2D eigenvalue weighted by atomic mass is 19.1. The smallest absolute Gasteiger partial charge is 0.257 e. The number of amides is 1. The van der Waals surface area contributed by atoms with Crippen molar-refractivity contribution >= 4 is 5.91 Å². The first-order valence-corrected chi connectivity index (χ1v) is 7.43. The molecule has 116 valence electrons. The molecule has 1 aromatic carbocycles. The molecule has 0 aliphatic heterocycles. The Kier molecular flexibility index (Phi) is 4.22. The number of furan rings is 1. The highest BCUT2D eigenvalue weighted by Gasteiger charge is 2.29. The number of benzene rings is 1. The summed E-state index contributed by atoms with van der Waals surface area (Å²) < 4.78 is 32.3. The first-order valence-electron chi connectivity index (χ1n) is 7.43. The van der Waals surface area contributed by atoms with Crippen molar-refractivity contribution in [2.75, 3.05) is 0 Å². The lowest BCUT2D eigenvalue weighted by Gasteiger charge is -2.28. The van der Waals surface area contributed by atoms with Gasteiger partial charge < -0.3 is 9.32 Å². The van der Waals surface area contributed by atoms with Crippen LogP contribution in [0.4, 0.5) is 8.78 Å². The fourth-order valence-corrected chi connectivity index (χ4v) is 2.97. The molecule has 1 fully saturated rings. The maximum absolute atomic E-state index is 13.9. The van der Waals surface area contributed by atoms with E-state index in [0.717, 1.165) is 37.8 Å². The van der Waals surface area contributed by atoms with Crippen LogP contribution >= 0.6 is 0 Å². The van der Waals surface area contributed by atoms with Gasteiger partial charge in [-0.3, -0.25) is 4.79 Å². The minimum Gasteiger partial charge on any atom is -0.467 e. The van der Waals surface area contributed by atoms with E-state index in [4.69, 9.17) is 4.42 Å². The van der Waals surface area contributed by atoms with Gasteiger partial charge in [0.15, 0.2) is 0 Å². The zero-order valence-corrected chi connectivity index (χ0v) is 12.1. The van der Waals surface area contributed by atoms with Gasteiger partial charge in [0.25, 0.3) is 5.91 Å². The van der Waals surface area contributed by atoms with Crippen LogP contribution in [0.5, 0.6) is 0 Å². The van der Waals surface area contributed by atoms with Crippen molar-refractivity contribution in [1.82, 2.24) is 4.90 Å². The summed E-state index contributed by atoms with van der Waals surface area (Å²) in [4.78, 5) is 14.4. The molecule has 0 bridgehead atoms. The second-order valence-electron chi connectivity index (χ2n) is 5.57. The van der Waals surface area contributed by atoms with Crippen LogP contribution in [0.25, 0.3) is 0 Å². The first kappa shape index (κ1) is 14.8. The molecule has 3 nitrogen and oxygen atoms in total. The zero-order valence-electron chi connectivity index (χ0n) is 12.1. The molecule has 1 aromatic heterocycles. The molecule has 0 spiro atoms. The van der Waals surface area contributed by atoms with Gasteiger partial charge in [0.2, 0.25) is 0 Å². The molecule has 0 N–H and O–H groups in total. The second-order valence-corrected chi connectivity index (χ2v) is 5.57. The third-order valence-electron chi connectivity index (χ3n) is 4.09. The SMILES string of the molecule is O=C(c1ccc(F)cc1F)N(Cc1ccco1)C1CCCC1. The van der Waals surface area contributed by atoms with E-state index in [0.29, 0.717) is 12.3 Å². The molecule has 2 aromatic rings. The molecule has 0 atom stereocenters. The Morgan fingerprint density at radius 1 is 1.23 bits per heavy atom. The molecule has 3 rings (SSSR count). The van der Waals surface area contributed by atoms with Gasteiger partial charge in [0.05, 0.1) is 18.4 Å². The molecule has 0 saturated heterocycles. The fourth-order valence-electron chi connectivity index (χ4n) is 2.97. The van der Waals surface area contributed by atoms with Crippen LogP contribution in [0.15, 0.2) is 41.0 Å². The van der Waals surface area contributed by atoms with Crippen molar-refractivity contribution in [1.29, 1.82) is 0 Å². The lowest BCUT2D eigenvalue weighted by atomic mass is 10.1. The van der Waals surface area contributed by atoms with E-state index in [9.17, 15) is 13.6 Å². The summed E-state index contributed by atoms with van der Waals surface area (Å²) in [5.74, 6) is -1.27. The number of hydrogen-bond acceptors (Lipinski definition) is 2. The molecule has 1 heterocycles. The predicted octanol–water partition coefficient (Wildman–Crippen LogP) is 4.14. The van der Waals surface area contributed by atoms with Gasteiger partial charge in [-0.25, -0.2) is 8.78 Å². The Bertz CT molecular complexity index is 649. The minimum absolute atomic E-state index is 0.0713. The number of carbonyl (C=O) groups is 1. The summed E-state index contributed by atoms with van der Waals surface area (Å²) in [5, 5.41) is 0. The van der Waals surface area contributed by atoms with Crippen molar-refractivity contribution in [3.63, 3.8) is 0 Å². The molecule has 5 heteroatoms. The standard InChI is InChI=1S/C17H17F2NO2/c18-12-7-8-15(16(19)10-12)17(21)20(13-4-1-2-5-13)11-14-6-3-9-22-14/h3,6-10,13H,1-2,4-5,11H2. The Morgan fingerprint density at radius 2 is 2.00 bits per heavy atom. The van der Waals surface area contributed by atoms with Gasteiger partial charge in [-0.05, 0) is 37.1 Å². The average molecular weight is 305 g/mol. The van der Waals surface area contributed by atoms with E-state index in [2.05, 4.69) is 0 Å². The van der Waals surface area contributed by atoms with Gasteiger partial charge in [-0.1, -0.05) is 12.8 Å². The third kappa shape index (κ3) is 3.03. The van der Waals surface area contributed by atoms with Gasteiger partial charge in [-0.15, -0.1) is 0 Å². The highest BCUT2D eigenvalue weighted by Crippen LogP contribution is 2.27. The van der Waals surface area contributed by atoms with Gasteiger partial charge >= 0.3 is 0 Å². The monoisotopic (exact) mass is 305 g/mol. The Hall–Kier alpha value is -2.17. The summed E-state index contributed by atoms with van der Waals surface area (Å²) in [6.07, 6.45) is 5.45. The maximum Gasteiger partial charge on any atom is 0.257 e. The summed E-state index contributed by atoms with van der Waals surface area (Å²) in [7, 11) is 0. The van der Waals surface area contributed by atoms with E-state index < -0.39 is 17.5 Å². The quantitative estimate of drug-likeness (QED) is 0.850.